The highest BCUT2D eigenvalue weighted by atomic mass is 19.3. The first-order chi connectivity index (χ1) is 10.0. The normalized spacial score (nSPS) is 10.5. The number of carbonyl (C=O) groups is 1. The zero-order valence-electron chi connectivity index (χ0n) is 11.7. The van der Waals surface area contributed by atoms with Gasteiger partial charge in [-0.15, -0.1) is 0 Å². The average molecular weight is 303 g/mol. The highest BCUT2D eigenvalue weighted by Gasteiger charge is 2.11. The molecule has 4 N–H and O–H groups in total. The fourth-order valence-corrected chi connectivity index (χ4v) is 1.63. The lowest BCUT2D eigenvalue weighted by Gasteiger charge is -2.13. The minimum atomic E-state index is -2.90. The first-order valence-corrected chi connectivity index (χ1v) is 6.47. The molecule has 1 aromatic rings. The monoisotopic (exact) mass is 303 g/mol. The van der Waals surface area contributed by atoms with Gasteiger partial charge in [0, 0.05) is 19.6 Å². The number of amides is 2. The van der Waals surface area contributed by atoms with Crippen LogP contribution in [0.15, 0.2) is 18.2 Å². The van der Waals surface area contributed by atoms with E-state index in [1.807, 2.05) is 0 Å². The van der Waals surface area contributed by atoms with Gasteiger partial charge < -0.3 is 25.8 Å². The Balaban J connectivity index is 2.54. The van der Waals surface area contributed by atoms with Gasteiger partial charge in [-0.2, -0.15) is 8.78 Å². The minimum absolute atomic E-state index is 0.00555. The Morgan fingerprint density at radius 2 is 2.10 bits per heavy atom. The number of nitrogens with two attached hydrogens (primary N) is 1. The van der Waals surface area contributed by atoms with Crippen molar-refractivity contribution in [3.05, 3.63) is 23.8 Å². The molecule has 21 heavy (non-hydrogen) atoms. The molecule has 0 aliphatic carbocycles. The molecule has 1 aromatic carbocycles. The van der Waals surface area contributed by atoms with Gasteiger partial charge in [0.05, 0.1) is 6.61 Å². The third-order valence-electron chi connectivity index (χ3n) is 2.45. The van der Waals surface area contributed by atoms with Gasteiger partial charge in [0.15, 0.2) is 11.5 Å². The van der Waals surface area contributed by atoms with Crippen molar-refractivity contribution < 1.29 is 23.0 Å². The van der Waals surface area contributed by atoms with Crippen molar-refractivity contribution in [1.82, 2.24) is 10.6 Å². The van der Waals surface area contributed by atoms with Gasteiger partial charge in [-0.3, -0.25) is 0 Å². The Morgan fingerprint density at radius 3 is 2.71 bits per heavy atom. The third kappa shape index (κ3) is 6.75. The van der Waals surface area contributed by atoms with Crippen LogP contribution in [0.1, 0.15) is 12.5 Å². The predicted molar refractivity (Wildman–Crippen MR) is 73.5 cm³/mol. The van der Waals surface area contributed by atoms with Gasteiger partial charge in [-0.25, -0.2) is 4.79 Å². The molecule has 2 amide bonds. The van der Waals surface area contributed by atoms with Gasteiger partial charge in [-0.05, 0) is 24.6 Å². The summed E-state index contributed by atoms with van der Waals surface area (Å²) in [6, 6.07) is 4.16. The number of rotatable bonds is 9. The molecule has 0 bridgehead atoms. The first-order valence-electron chi connectivity index (χ1n) is 6.47. The summed E-state index contributed by atoms with van der Waals surface area (Å²) in [6.45, 7) is 0.636. The van der Waals surface area contributed by atoms with E-state index in [1.165, 1.54) is 6.07 Å². The van der Waals surface area contributed by atoms with Crippen LogP contribution >= 0.6 is 0 Å². The van der Waals surface area contributed by atoms with Crippen molar-refractivity contribution >= 4 is 6.03 Å². The molecule has 118 valence electrons. The van der Waals surface area contributed by atoms with E-state index in [0.29, 0.717) is 26.2 Å². The lowest BCUT2D eigenvalue weighted by atomic mass is 10.2. The molecular formula is C13H19F2N3O3. The lowest BCUT2D eigenvalue weighted by Crippen LogP contribution is -2.35. The molecule has 0 aliphatic rings. The highest BCUT2D eigenvalue weighted by Crippen LogP contribution is 2.29. The summed E-state index contributed by atoms with van der Waals surface area (Å²) in [5.74, 6) is 0.276. The van der Waals surface area contributed by atoms with E-state index in [9.17, 15) is 13.6 Å². The van der Waals surface area contributed by atoms with Crippen LogP contribution in [0.2, 0.25) is 0 Å². The molecule has 8 heteroatoms. The first kappa shape index (κ1) is 17.0. The van der Waals surface area contributed by atoms with Crippen molar-refractivity contribution in [1.29, 1.82) is 0 Å². The fraction of sp³-hybridized carbons (Fsp3) is 0.462. The third-order valence-corrected chi connectivity index (χ3v) is 2.45. The number of benzene rings is 1. The quantitative estimate of drug-likeness (QED) is 0.603. The number of primary amides is 1. The average Bonchev–Trinajstić information content (AvgIpc) is 2.40. The summed E-state index contributed by atoms with van der Waals surface area (Å²) in [5, 5.41) is 5.51. The van der Waals surface area contributed by atoms with E-state index in [1.54, 1.807) is 19.1 Å². The van der Waals surface area contributed by atoms with Gasteiger partial charge in [0.2, 0.25) is 0 Å². The van der Waals surface area contributed by atoms with Crippen LogP contribution in [0.3, 0.4) is 0 Å². The highest BCUT2D eigenvalue weighted by molar-refractivity contribution is 5.71. The second-order valence-corrected chi connectivity index (χ2v) is 4.06. The van der Waals surface area contributed by atoms with Crippen molar-refractivity contribution in [3.63, 3.8) is 0 Å². The minimum Gasteiger partial charge on any atom is -0.490 e. The largest absolute Gasteiger partial charge is 0.490 e. The van der Waals surface area contributed by atoms with E-state index in [-0.39, 0.29) is 11.5 Å². The molecular weight excluding hydrogens is 284 g/mol. The molecule has 0 spiro atoms. The number of halogens is 2. The second-order valence-electron chi connectivity index (χ2n) is 4.06. The maximum Gasteiger partial charge on any atom is 0.387 e. The van der Waals surface area contributed by atoms with Crippen molar-refractivity contribution in [3.8, 4) is 11.5 Å². The predicted octanol–water partition coefficient (Wildman–Crippen LogP) is 1.44. The molecule has 0 heterocycles. The van der Waals surface area contributed by atoms with Gasteiger partial charge >= 0.3 is 12.6 Å². The zero-order chi connectivity index (χ0) is 15.7. The Kier molecular flexibility index (Phi) is 7.24. The summed E-state index contributed by atoms with van der Waals surface area (Å²) in [7, 11) is 0. The van der Waals surface area contributed by atoms with E-state index < -0.39 is 12.6 Å². The Bertz CT molecular complexity index is 458. The standard InChI is InChI=1S/C13H19F2N3O3/c1-2-20-11-7-9(3-4-10(11)21-12(14)15)8-17-5-6-18-13(16)19/h3-4,7,12,17H,2,5-6,8H2,1H3,(H3,16,18,19). The van der Waals surface area contributed by atoms with Crippen molar-refractivity contribution in [2.45, 2.75) is 20.1 Å². The number of hydrogen-bond donors (Lipinski definition) is 3. The van der Waals surface area contributed by atoms with E-state index in [0.717, 1.165) is 5.56 Å². The van der Waals surface area contributed by atoms with Crippen LogP contribution < -0.4 is 25.8 Å². The van der Waals surface area contributed by atoms with Crippen molar-refractivity contribution in [2.75, 3.05) is 19.7 Å². The summed E-state index contributed by atoms with van der Waals surface area (Å²) < 4.78 is 34.2. The number of carbonyl (C=O) groups excluding carboxylic acids is 1. The van der Waals surface area contributed by atoms with E-state index in [4.69, 9.17) is 10.5 Å². The second kappa shape index (κ2) is 8.96. The molecule has 0 saturated carbocycles. The van der Waals surface area contributed by atoms with Crippen LogP contribution in [0.4, 0.5) is 13.6 Å². The Labute approximate surface area is 121 Å². The summed E-state index contributed by atoms with van der Waals surface area (Å²) in [6.07, 6.45) is 0. The number of urea groups is 1. The van der Waals surface area contributed by atoms with E-state index >= 15 is 0 Å². The van der Waals surface area contributed by atoms with Gasteiger partial charge in [0.1, 0.15) is 0 Å². The number of hydrogen-bond acceptors (Lipinski definition) is 4. The fourth-order valence-electron chi connectivity index (χ4n) is 1.63. The lowest BCUT2D eigenvalue weighted by molar-refractivity contribution is -0.0514. The molecule has 1 rings (SSSR count). The van der Waals surface area contributed by atoms with Gasteiger partial charge in [0.25, 0.3) is 0 Å². The van der Waals surface area contributed by atoms with Gasteiger partial charge in [-0.1, -0.05) is 6.07 Å². The Hall–Kier alpha value is -2.09. The molecule has 0 radical (unpaired) electrons. The molecule has 6 nitrogen and oxygen atoms in total. The summed E-state index contributed by atoms with van der Waals surface area (Å²) in [4.78, 5) is 10.5. The molecule has 0 aliphatic heterocycles. The van der Waals surface area contributed by atoms with Crippen LogP contribution in [0.25, 0.3) is 0 Å². The molecule has 0 fully saturated rings. The maximum absolute atomic E-state index is 12.3. The van der Waals surface area contributed by atoms with Crippen LogP contribution in [-0.2, 0) is 6.54 Å². The summed E-state index contributed by atoms with van der Waals surface area (Å²) >= 11 is 0. The van der Waals surface area contributed by atoms with Crippen LogP contribution in [0.5, 0.6) is 11.5 Å². The molecule has 0 unspecified atom stereocenters. The Morgan fingerprint density at radius 1 is 1.33 bits per heavy atom. The topological polar surface area (TPSA) is 85.6 Å². The smallest absolute Gasteiger partial charge is 0.387 e. The molecule has 0 aromatic heterocycles. The van der Waals surface area contributed by atoms with Crippen LogP contribution in [-0.4, -0.2) is 32.3 Å². The van der Waals surface area contributed by atoms with Crippen molar-refractivity contribution in [2.24, 2.45) is 5.73 Å². The number of alkyl halides is 2. The number of ether oxygens (including phenoxy) is 2. The van der Waals surface area contributed by atoms with E-state index in [2.05, 4.69) is 15.4 Å². The van der Waals surface area contributed by atoms with Crippen LogP contribution in [0, 0.1) is 0 Å². The SMILES string of the molecule is CCOc1cc(CNCCNC(N)=O)ccc1OC(F)F. The summed E-state index contributed by atoms with van der Waals surface area (Å²) in [5.41, 5.74) is 5.77. The molecule has 0 saturated heterocycles. The number of nitrogens with one attached hydrogen (secondary N) is 2. The molecule has 0 atom stereocenters. The maximum atomic E-state index is 12.3. The zero-order valence-corrected chi connectivity index (χ0v) is 11.7.